The molecular weight excluding hydrogens is 367 g/mol. The summed E-state index contributed by atoms with van der Waals surface area (Å²) in [4.78, 5) is 1.79. The first kappa shape index (κ1) is 17.2. The van der Waals surface area contributed by atoms with E-state index in [-0.39, 0.29) is 20.0 Å². The molecule has 0 aromatic heterocycles. The van der Waals surface area contributed by atoms with Crippen LogP contribution in [0.25, 0.3) is 0 Å². The van der Waals surface area contributed by atoms with Crippen molar-refractivity contribution in [2.75, 3.05) is 23.7 Å². The lowest BCUT2D eigenvalue weighted by Crippen LogP contribution is -2.14. The van der Waals surface area contributed by atoms with Gasteiger partial charge in [-0.3, -0.25) is 4.72 Å². The second-order valence-electron chi connectivity index (χ2n) is 4.74. The van der Waals surface area contributed by atoms with E-state index in [9.17, 15) is 8.42 Å². The van der Waals surface area contributed by atoms with Crippen molar-refractivity contribution < 1.29 is 8.42 Å². The quantitative estimate of drug-likeness (QED) is 0.795. The third-order valence-electron chi connectivity index (χ3n) is 2.90. The molecule has 0 spiro atoms. The number of nitrogens with zero attached hydrogens (tertiary/aromatic N) is 1. The molecule has 1 N–H and O–H groups in total. The van der Waals surface area contributed by atoms with Crippen LogP contribution < -0.4 is 9.62 Å². The van der Waals surface area contributed by atoms with Gasteiger partial charge in [0.15, 0.2) is 0 Å². The molecule has 0 saturated heterocycles. The third kappa shape index (κ3) is 3.79. The fraction of sp³-hybridized carbons (Fsp3) is 0.143. The second-order valence-corrected chi connectivity index (χ2v) is 7.62. The normalized spacial score (nSPS) is 11.3. The van der Waals surface area contributed by atoms with Crippen molar-refractivity contribution in [1.82, 2.24) is 0 Å². The molecule has 0 unspecified atom stereocenters. The molecule has 118 valence electrons. The average molecular weight is 380 g/mol. The molecule has 0 aliphatic rings. The highest BCUT2D eigenvalue weighted by atomic mass is 35.5. The van der Waals surface area contributed by atoms with Crippen molar-refractivity contribution in [3.8, 4) is 0 Å². The minimum absolute atomic E-state index is 0.00631. The number of nitrogens with one attached hydrogen (secondary N) is 1. The van der Waals surface area contributed by atoms with Gasteiger partial charge in [0.05, 0.1) is 15.1 Å². The Labute approximate surface area is 144 Å². The van der Waals surface area contributed by atoms with Crippen molar-refractivity contribution in [2.45, 2.75) is 4.90 Å². The Bertz CT molecular complexity index is 790. The van der Waals surface area contributed by atoms with Gasteiger partial charge in [-0.1, -0.05) is 34.8 Å². The van der Waals surface area contributed by atoms with Crippen LogP contribution in [0.4, 0.5) is 11.4 Å². The summed E-state index contributed by atoms with van der Waals surface area (Å²) in [6.45, 7) is 0. The highest BCUT2D eigenvalue weighted by Crippen LogP contribution is 2.32. The number of anilines is 2. The average Bonchev–Trinajstić information content (AvgIpc) is 2.42. The van der Waals surface area contributed by atoms with Crippen LogP contribution in [0.2, 0.25) is 15.1 Å². The Hall–Kier alpha value is -1.14. The van der Waals surface area contributed by atoms with Crippen LogP contribution in [0.15, 0.2) is 41.3 Å². The molecule has 2 aromatic carbocycles. The number of benzene rings is 2. The summed E-state index contributed by atoms with van der Waals surface area (Å²) in [5, 5.41) is 0.321. The molecule has 0 radical (unpaired) electrons. The van der Waals surface area contributed by atoms with Crippen molar-refractivity contribution in [2.24, 2.45) is 0 Å². The lowest BCUT2D eigenvalue weighted by Gasteiger charge is -2.14. The number of halogens is 3. The molecule has 8 heteroatoms. The van der Waals surface area contributed by atoms with E-state index in [0.29, 0.717) is 5.69 Å². The summed E-state index contributed by atoms with van der Waals surface area (Å²) in [6.07, 6.45) is 0. The topological polar surface area (TPSA) is 49.4 Å². The van der Waals surface area contributed by atoms with Crippen LogP contribution in [-0.4, -0.2) is 22.5 Å². The number of sulfonamides is 1. The molecule has 2 rings (SSSR count). The molecule has 22 heavy (non-hydrogen) atoms. The zero-order valence-electron chi connectivity index (χ0n) is 11.8. The highest BCUT2D eigenvalue weighted by molar-refractivity contribution is 7.92. The van der Waals surface area contributed by atoms with Crippen LogP contribution in [0.5, 0.6) is 0 Å². The monoisotopic (exact) mass is 378 g/mol. The molecule has 0 aliphatic heterocycles. The maximum absolute atomic E-state index is 12.4. The molecule has 0 saturated carbocycles. The lowest BCUT2D eigenvalue weighted by atomic mass is 10.3. The zero-order chi connectivity index (χ0) is 16.5. The maximum Gasteiger partial charge on any atom is 0.263 e. The second kappa shape index (κ2) is 6.54. The Morgan fingerprint density at radius 1 is 0.909 bits per heavy atom. The van der Waals surface area contributed by atoms with Crippen LogP contribution >= 0.6 is 34.8 Å². The van der Waals surface area contributed by atoms with E-state index >= 15 is 0 Å². The molecule has 0 amide bonds. The van der Waals surface area contributed by atoms with Gasteiger partial charge in [-0.15, -0.1) is 0 Å². The summed E-state index contributed by atoms with van der Waals surface area (Å²) in [7, 11) is -0.0600. The predicted octanol–water partition coefficient (Wildman–Crippen LogP) is 4.51. The van der Waals surface area contributed by atoms with Gasteiger partial charge in [0, 0.05) is 25.5 Å². The van der Waals surface area contributed by atoms with Crippen molar-refractivity contribution in [3.63, 3.8) is 0 Å². The number of hydrogen-bond acceptors (Lipinski definition) is 3. The molecule has 0 heterocycles. The first-order valence-electron chi connectivity index (χ1n) is 6.15. The Morgan fingerprint density at radius 2 is 1.45 bits per heavy atom. The van der Waals surface area contributed by atoms with E-state index in [1.807, 2.05) is 19.0 Å². The Kier molecular flexibility index (Phi) is 5.12. The van der Waals surface area contributed by atoms with Gasteiger partial charge in [0.2, 0.25) is 0 Å². The van der Waals surface area contributed by atoms with Crippen molar-refractivity contribution >= 4 is 56.2 Å². The summed E-state index contributed by atoms with van der Waals surface area (Å²) in [5.41, 5.74) is 1.38. The molecule has 4 nitrogen and oxygen atoms in total. The largest absolute Gasteiger partial charge is 0.378 e. The summed E-state index contributed by atoms with van der Waals surface area (Å²) >= 11 is 17.6. The fourth-order valence-electron chi connectivity index (χ4n) is 1.75. The van der Waals surface area contributed by atoms with E-state index in [1.165, 1.54) is 12.1 Å². The minimum Gasteiger partial charge on any atom is -0.378 e. The van der Waals surface area contributed by atoms with Crippen LogP contribution in [-0.2, 0) is 10.0 Å². The van der Waals surface area contributed by atoms with E-state index in [4.69, 9.17) is 34.8 Å². The van der Waals surface area contributed by atoms with E-state index in [0.717, 1.165) is 5.69 Å². The van der Waals surface area contributed by atoms with Gasteiger partial charge in [-0.2, -0.15) is 0 Å². The Morgan fingerprint density at radius 3 is 2.00 bits per heavy atom. The van der Waals surface area contributed by atoms with Gasteiger partial charge >= 0.3 is 0 Å². The summed E-state index contributed by atoms with van der Waals surface area (Å²) in [5.74, 6) is 0. The molecule has 2 aromatic rings. The molecule has 0 fully saturated rings. The van der Waals surface area contributed by atoms with Gasteiger partial charge in [0.1, 0.15) is 4.90 Å². The zero-order valence-corrected chi connectivity index (χ0v) is 14.9. The van der Waals surface area contributed by atoms with Gasteiger partial charge in [-0.25, -0.2) is 8.42 Å². The summed E-state index contributed by atoms with van der Waals surface area (Å²) in [6, 6.07) is 9.46. The first-order valence-corrected chi connectivity index (χ1v) is 8.77. The van der Waals surface area contributed by atoms with Crippen LogP contribution in [0.3, 0.4) is 0 Å². The van der Waals surface area contributed by atoms with Gasteiger partial charge < -0.3 is 4.90 Å². The SMILES string of the molecule is CN(C)c1ccc(NS(=O)(=O)c2cc(Cl)c(Cl)cc2Cl)cc1. The molecule has 0 atom stereocenters. The lowest BCUT2D eigenvalue weighted by molar-refractivity contribution is 0.601. The maximum atomic E-state index is 12.4. The first-order chi connectivity index (χ1) is 10.2. The van der Waals surface area contributed by atoms with Crippen molar-refractivity contribution in [1.29, 1.82) is 0 Å². The van der Waals surface area contributed by atoms with E-state index < -0.39 is 10.0 Å². The van der Waals surface area contributed by atoms with Crippen molar-refractivity contribution in [3.05, 3.63) is 51.5 Å². The van der Waals surface area contributed by atoms with Gasteiger partial charge in [0.25, 0.3) is 10.0 Å². The predicted molar refractivity (Wildman–Crippen MR) is 93.0 cm³/mol. The standard InChI is InChI=1S/C14H13Cl3N2O2S/c1-19(2)10-5-3-9(4-6-10)18-22(20,21)14-8-12(16)11(15)7-13(14)17/h3-8,18H,1-2H3. The third-order valence-corrected chi connectivity index (χ3v) is 5.47. The fourth-order valence-corrected chi connectivity index (χ4v) is 3.81. The molecular formula is C14H13Cl3N2O2S. The van der Waals surface area contributed by atoms with Crippen LogP contribution in [0, 0.1) is 0 Å². The van der Waals surface area contributed by atoms with Gasteiger partial charge in [-0.05, 0) is 36.4 Å². The molecule has 0 bridgehead atoms. The highest BCUT2D eigenvalue weighted by Gasteiger charge is 2.20. The number of rotatable bonds is 4. The smallest absolute Gasteiger partial charge is 0.263 e. The number of hydrogen-bond donors (Lipinski definition) is 1. The Balaban J connectivity index is 2.33. The minimum atomic E-state index is -3.85. The van der Waals surface area contributed by atoms with Crippen LogP contribution in [0.1, 0.15) is 0 Å². The van der Waals surface area contributed by atoms with E-state index in [2.05, 4.69) is 4.72 Å². The summed E-state index contributed by atoms with van der Waals surface area (Å²) < 4.78 is 27.2. The van der Waals surface area contributed by atoms with E-state index in [1.54, 1.807) is 24.3 Å². The molecule has 0 aliphatic carbocycles.